The molecular weight excluding hydrogens is 268 g/mol. The molecule has 1 heterocycles. The fourth-order valence-corrected chi connectivity index (χ4v) is 2.35. The van der Waals surface area contributed by atoms with Crippen LogP contribution in [0.1, 0.15) is 25.3 Å². The van der Waals surface area contributed by atoms with Crippen LogP contribution in [0.4, 0.5) is 4.79 Å². The fourth-order valence-electron chi connectivity index (χ4n) is 2.35. The van der Waals surface area contributed by atoms with Gasteiger partial charge in [0.15, 0.2) is 0 Å². The van der Waals surface area contributed by atoms with Gasteiger partial charge in [-0.05, 0) is 25.3 Å². The highest BCUT2D eigenvalue weighted by Crippen LogP contribution is 2.20. The first-order valence-corrected chi connectivity index (χ1v) is 7.44. The van der Waals surface area contributed by atoms with Crippen LogP contribution in [0.15, 0.2) is 30.3 Å². The third-order valence-electron chi connectivity index (χ3n) is 3.84. The molecule has 0 aliphatic carbocycles. The summed E-state index contributed by atoms with van der Waals surface area (Å²) in [5.41, 5.74) is 0.448. The van der Waals surface area contributed by atoms with Crippen LogP contribution in [-0.4, -0.2) is 47.9 Å². The molecule has 116 valence electrons. The molecule has 1 amide bonds. The van der Waals surface area contributed by atoms with E-state index in [1.54, 1.807) is 0 Å². The van der Waals surface area contributed by atoms with Crippen LogP contribution in [0.2, 0.25) is 0 Å². The molecule has 0 aromatic heterocycles. The normalized spacial score (nSPS) is 18.2. The summed E-state index contributed by atoms with van der Waals surface area (Å²) in [6.07, 6.45) is 1.18. The average Bonchev–Trinajstić information content (AvgIpc) is 2.48. The number of nitrogens with zero attached hydrogens (tertiary/aromatic N) is 1. The van der Waals surface area contributed by atoms with E-state index in [4.69, 9.17) is 4.74 Å². The Morgan fingerprint density at radius 3 is 2.67 bits per heavy atom. The Hall–Kier alpha value is -1.59. The van der Waals surface area contributed by atoms with E-state index in [1.807, 2.05) is 37.3 Å². The van der Waals surface area contributed by atoms with Gasteiger partial charge in [0.25, 0.3) is 0 Å². The second-order valence-electron chi connectivity index (χ2n) is 5.83. The molecule has 5 heteroatoms. The van der Waals surface area contributed by atoms with Crippen molar-refractivity contribution in [2.75, 3.05) is 26.2 Å². The van der Waals surface area contributed by atoms with Gasteiger partial charge in [-0.1, -0.05) is 30.3 Å². The van der Waals surface area contributed by atoms with E-state index in [0.717, 1.165) is 38.0 Å². The van der Waals surface area contributed by atoms with E-state index >= 15 is 0 Å². The lowest BCUT2D eigenvalue weighted by Gasteiger charge is -2.35. The summed E-state index contributed by atoms with van der Waals surface area (Å²) in [5, 5.41) is 12.6. The number of carbonyl (C=O) groups excluding carboxylic acids is 1. The van der Waals surface area contributed by atoms with Crippen LogP contribution in [0.5, 0.6) is 0 Å². The highest BCUT2D eigenvalue weighted by molar-refractivity contribution is 5.67. The Morgan fingerprint density at radius 1 is 1.33 bits per heavy atom. The lowest BCUT2D eigenvalue weighted by atomic mass is 9.94. The van der Waals surface area contributed by atoms with Gasteiger partial charge in [0.05, 0.1) is 5.60 Å². The third kappa shape index (κ3) is 5.73. The van der Waals surface area contributed by atoms with E-state index in [9.17, 15) is 9.90 Å². The smallest absolute Gasteiger partial charge is 0.407 e. The second kappa shape index (κ2) is 7.43. The maximum atomic E-state index is 11.6. The standard InChI is InChI=1S/C16H24N2O3/c1-16(20)7-10-18(11-8-16)12-9-17-15(19)21-13-14-5-3-2-4-6-14/h2-6,20H,7-13H2,1H3,(H,17,19). The molecule has 1 aliphatic rings. The highest BCUT2D eigenvalue weighted by atomic mass is 16.5. The molecule has 1 aromatic carbocycles. The predicted molar refractivity (Wildman–Crippen MR) is 80.9 cm³/mol. The van der Waals surface area contributed by atoms with Crippen molar-refractivity contribution in [3.05, 3.63) is 35.9 Å². The molecule has 2 rings (SSSR count). The van der Waals surface area contributed by atoms with E-state index in [1.165, 1.54) is 0 Å². The van der Waals surface area contributed by atoms with Gasteiger partial charge in [0.1, 0.15) is 6.61 Å². The van der Waals surface area contributed by atoms with Crippen molar-refractivity contribution in [3.63, 3.8) is 0 Å². The summed E-state index contributed by atoms with van der Waals surface area (Å²) in [6.45, 7) is 5.26. The Labute approximate surface area is 125 Å². The molecule has 5 nitrogen and oxygen atoms in total. The number of ether oxygens (including phenoxy) is 1. The quantitative estimate of drug-likeness (QED) is 0.868. The minimum atomic E-state index is -0.529. The van der Waals surface area contributed by atoms with Gasteiger partial charge in [-0.15, -0.1) is 0 Å². The number of piperidine rings is 1. The van der Waals surface area contributed by atoms with Crippen molar-refractivity contribution in [3.8, 4) is 0 Å². The maximum absolute atomic E-state index is 11.6. The number of amides is 1. The maximum Gasteiger partial charge on any atom is 0.407 e. The van der Waals surface area contributed by atoms with Crippen molar-refractivity contribution < 1.29 is 14.6 Å². The van der Waals surface area contributed by atoms with Gasteiger partial charge < -0.3 is 20.1 Å². The van der Waals surface area contributed by atoms with Crippen LogP contribution < -0.4 is 5.32 Å². The van der Waals surface area contributed by atoms with Crippen molar-refractivity contribution in [2.45, 2.75) is 32.0 Å². The van der Waals surface area contributed by atoms with Gasteiger partial charge in [-0.25, -0.2) is 4.79 Å². The molecule has 0 atom stereocenters. The van der Waals surface area contributed by atoms with Crippen LogP contribution >= 0.6 is 0 Å². The number of alkyl carbamates (subject to hydrolysis) is 1. The summed E-state index contributed by atoms with van der Waals surface area (Å²) in [5.74, 6) is 0. The summed E-state index contributed by atoms with van der Waals surface area (Å²) in [7, 11) is 0. The molecule has 0 radical (unpaired) electrons. The zero-order valence-corrected chi connectivity index (χ0v) is 12.5. The summed E-state index contributed by atoms with van der Waals surface area (Å²) < 4.78 is 5.14. The molecule has 0 unspecified atom stereocenters. The van der Waals surface area contributed by atoms with Gasteiger partial charge in [0.2, 0.25) is 0 Å². The molecule has 0 spiro atoms. The molecule has 2 N–H and O–H groups in total. The van der Waals surface area contributed by atoms with Gasteiger partial charge in [0, 0.05) is 26.2 Å². The van der Waals surface area contributed by atoms with E-state index in [2.05, 4.69) is 10.2 Å². The number of rotatable bonds is 5. The van der Waals surface area contributed by atoms with Crippen molar-refractivity contribution >= 4 is 6.09 Å². The van der Waals surface area contributed by atoms with E-state index < -0.39 is 5.60 Å². The van der Waals surface area contributed by atoms with Gasteiger partial charge >= 0.3 is 6.09 Å². The predicted octanol–water partition coefficient (Wildman–Crippen LogP) is 1.76. The third-order valence-corrected chi connectivity index (χ3v) is 3.84. The first-order valence-electron chi connectivity index (χ1n) is 7.44. The number of aliphatic hydroxyl groups is 1. The first kappa shape index (κ1) is 15.8. The van der Waals surface area contributed by atoms with Crippen LogP contribution in [0, 0.1) is 0 Å². The number of likely N-dealkylation sites (tertiary alicyclic amines) is 1. The Balaban J connectivity index is 1.57. The lowest BCUT2D eigenvalue weighted by Crippen LogP contribution is -2.45. The average molecular weight is 292 g/mol. The van der Waals surface area contributed by atoms with E-state index in [-0.39, 0.29) is 6.09 Å². The SMILES string of the molecule is CC1(O)CCN(CCNC(=O)OCc2ccccc2)CC1. The number of hydrogen-bond donors (Lipinski definition) is 2. The monoisotopic (exact) mass is 292 g/mol. The molecule has 21 heavy (non-hydrogen) atoms. The number of hydrogen-bond acceptors (Lipinski definition) is 4. The second-order valence-corrected chi connectivity index (χ2v) is 5.83. The van der Waals surface area contributed by atoms with Gasteiger partial charge in [-0.2, -0.15) is 0 Å². The minimum absolute atomic E-state index is 0.291. The van der Waals surface area contributed by atoms with Crippen molar-refractivity contribution in [1.29, 1.82) is 0 Å². The zero-order valence-electron chi connectivity index (χ0n) is 12.5. The van der Waals surface area contributed by atoms with Crippen LogP contribution in [0.25, 0.3) is 0 Å². The Kier molecular flexibility index (Phi) is 5.59. The molecular formula is C16H24N2O3. The Morgan fingerprint density at radius 2 is 2.00 bits per heavy atom. The molecule has 0 saturated carbocycles. The van der Waals surface area contributed by atoms with Crippen molar-refractivity contribution in [1.82, 2.24) is 10.2 Å². The van der Waals surface area contributed by atoms with E-state index in [0.29, 0.717) is 13.2 Å². The first-order chi connectivity index (χ1) is 10.1. The molecule has 0 bridgehead atoms. The largest absolute Gasteiger partial charge is 0.445 e. The zero-order chi connectivity index (χ0) is 15.1. The molecule has 1 saturated heterocycles. The highest BCUT2D eigenvalue weighted by Gasteiger charge is 2.26. The number of nitrogens with one attached hydrogen (secondary N) is 1. The lowest BCUT2D eigenvalue weighted by molar-refractivity contribution is -0.00496. The fraction of sp³-hybridized carbons (Fsp3) is 0.562. The topological polar surface area (TPSA) is 61.8 Å². The number of carbonyl (C=O) groups is 1. The summed E-state index contributed by atoms with van der Waals surface area (Å²) in [6, 6.07) is 9.61. The minimum Gasteiger partial charge on any atom is -0.445 e. The number of benzene rings is 1. The van der Waals surface area contributed by atoms with Crippen LogP contribution in [0.3, 0.4) is 0 Å². The summed E-state index contributed by atoms with van der Waals surface area (Å²) >= 11 is 0. The molecule has 1 fully saturated rings. The molecule has 1 aliphatic heterocycles. The Bertz CT molecular complexity index is 438. The summed E-state index contributed by atoms with van der Waals surface area (Å²) in [4.78, 5) is 13.8. The van der Waals surface area contributed by atoms with Gasteiger partial charge in [-0.3, -0.25) is 0 Å². The molecule has 1 aromatic rings. The van der Waals surface area contributed by atoms with Crippen molar-refractivity contribution in [2.24, 2.45) is 0 Å². The van der Waals surface area contributed by atoms with Crippen LogP contribution in [-0.2, 0) is 11.3 Å².